The molecule has 0 fully saturated rings. The maximum absolute atomic E-state index is 9.07. The fraction of sp³-hybridized carbons (Fsp3) is 1.00. The first-order valence-electron chi connectivity index (χ1n) is 3.30. The Bertz CT molecular complexity index is 68.1. The van der Waals surface area contributed by atoms with Gasteiger partial charge in [-0.3, -0.25) is 4.67 Å². The van der Waals surface area contributed by atoms with Gasteiger partial charge >= 0.3 is 0 Å². The molecule has 0 aliphatic heterocycles. The minimum atomic E-state index is -0.118. The van der Waals surface area contributed by atoms with Crippen LogP contribution in [-0.4, -0.2) is 29.5 Å². The third-order valence-electron chi connectivity index (χ3n) is 1.29. The quantitative estimate of drug-likeness (QED) is 0.599. The first-order valence-corrected chi connectivity index (χ1v) is 3.82. The van der Waals surface area contributed by atoms with Gasteiger partial charge in [-0.15, -0.1) is 0 Å². The highest BCUT2D eigenvalue weighted by molar-refractivity contribution is 7.13. The lowest BCUT2D eigenvalue weighted by Gasteiger charge is -2.11. The minimum absolute atomic E-state index is 0.118. The molecule has 0 aromatic rings. The van der Waals surface area contributed by atoms with Crippen LogP contribution in [0.25, 0.3) is 0 Å². The zero-order valence-electron chi connectivity index (χ0n) is 6.17. The molecule has 0 aliphatic rings. The van der Waals surface area contributed by atoms with Crippen LogP contribution in [0.15, 0.2) is 0 Å². The lowest BCUT2D eigenvalue weighted by atomic mass is 10.2. The highest BCUT2D eigenvalue weighted by Gasteiger charge is 1.99. The Kier molecular flexibility index (Phi) is 5.36. The third-order valence-corrected chi connectivity index (χ3v) is 1.54. The maximum Gasteiger partial charge on any atom is 0.0550 e. The van der Waals surface area contributed by atoms with Gasteiger partial charge in [0, 0.05) is 6.54 Å². The van der Waals surface area contributed by atoms with Crippen molar-refractivity contribution in [2.24, 2.45) is 0 Å². The highest BCUT2D eigenvalue weighted by atomic mass is 31.0. The van der Waals surface area contributed by atoms with E-state index in [0.717, 1.165) is 19.4 Å². The van der Waals surface area contributed by atoms with E-state index in [4.69, 9.17) is 5.11 Å². The predicted octanol–water partition coefficient (Wildman–Crippen LogP) is 0.869. The average Bonchev–Trinajstić information content (AvgIpc) is 1.83. The standard InChI is InChI=1S/C6H16NOP/c1-3-6(8)4-5-7(2)9/h6,8H,3-5,9H2,1-2H3. The third kappa shape index (κ3) is 6.23. The molecule has 0 spiro atoms. The first kappa shape index (κ1) is 9.35. The predicted molar refractivity (Wildman–Crippen MR) is 43.3 cm³/mol. The molecule has 0 aromatic heterocycles. The molecule has 0 radical (unpaired) electrons. The Hall–Kier alpha value is 0.350. The van der Waals surface area contributed by atoms with Gasteiger partial charge in [0.1, 0.15) is 0 Å². The SMILES string of the molecule is CCC(O)CCN(C)P. The van der Waals surface area contributed by atoms with E-state index in [0.29, 0.717) is 0 Å². The molecule has 2 nitrogen and oxygen atoms in total. The largest absolute Gasteiger partial charge is 0.393 e. The number of rotatable bonds is 4. The Labute approximate surface area is 59.5 Å². The summed E-state index contributed by atoms with van der Waals surface area (Å²) in [5.41, 5.74) is 0. The summed E-state index contributed by atoms with van der Waals surface area (Å²) in [6, 6.07) is 0. The Morgan fingerprint density at radius 3 is 2.56 bits per heavy atom. The summed E-state index contributed by atoms with van der Waals surface area (Å²) in [6.07, 6.45) is 1.61. The number of hydrogen-bond acceptors (Lipinski definition) is 2. The molecule has 0 rings (SSSR count). The van der Waals surface area contributed by atoms with Gasteiger partial charge in [0.15, 0.2) is 0 Å². The van der Waals surface area contributed by atoms with Gasteiger partial charge in [0.2, 0.25) is 0 Å². The molecule has 0 bridgehead atoms. The summed E-state index contributed by atoms with van der Waals surface area (Å²) in [5.74, 6) is 0. The van der Waals surface area contributed by atoms with E-state index in [2.05, 4.69) is 9.39 Å². The van der Waals surface area contributed by atoms with Crippen LogP contribution in [0.4, 0.5) is 0 Å². The van der Waals surface area contributed by atoms with Gasteiger partial charge < -0.3 is 5.11 Å². The minimum Gasteiger partial charge on any atom is -0.393 e. The molecule has 9 heavy (non-hydrogen) atoms. The van der Waals surface area contributed by atoms with Crippen LogP contribution >= 0.6 is 9.39 Å². The Balaban J connectivity index is 3.06. The fourth-order valence-corrected chi connectivity index (χ4v) is 0.706. The summed E-state index contributed by atoms with van der Waals surface area (Å²) < 4.78 is 2.00. The van der Waals surface area contributed by atoms with Crippen LogP contribution in [0.2, 0.25) is 0 Å². The van der Waals surface area contributed by atoms with Crippen molar-refractivity contribution in [3.05, 3.63) is 0 Å². The molecule has 0 heterocycles. The summed E-state index contributed by atoms with van der Waals surface area (Å²) in [5, 5.41) is 9.07. The van der Waals surface area contributed by atoms with E-state index < -0.39 is 0 Å². The molecular formula is C6H16NOP. The summed E-state index contributed by atoms with van der Waals surface area (Å²) >= 11 is 0. The number of aliphatic hydroxyl groups excluding tert-OH is 1. The van der Waals surface area contributed by atoms with Crippen LogP contribution in [0, 0.1) is 0 Å². The molecule has 0 saturated heterocycles. The maximum atomic E-state index is 9.07. The molecular weight excluding hydrogens is 133 g/mol. The van der Waals surface area contributed by atoms with Crippen molar-refractivity contribution < 1.29 is 5.11 Å². The monoisotopic (exact) mass is 149 g/mol. The van der Waals surface area contributed by atoms with E-state index in [1.807, 2.05) is 18.6 Å². The van der Waals surface area contributed by atoms with E-state index >= 15 is 0 Å². The van der Waals surface area contributed by atoms with Gasteiger partial charge in [-0.1, -0.05) is 16.3 Å². The smallest absolute Gasteiger partial charge is 0.0550 e. The molecule has 3 heteroatoms. The van der Waals surface area contributed by atoms with Crippen molar-refractivity contribution in [2.75, 3.05) is 13.6 Å². The van der Waals surface area contributed by atoms with Gasteiger partial charge in [0.25, 0.3) is 0 Å². The van der Waals surface area contributed by atoms with E-state index in [1.165, 1.54) is 0 Å². The summed E-state index contributed by atoms with van der Waals surface area (Å²) in [4.78, 5) is 0. The molecule has 0 amide bonds. The van der Waals surface area contributed by atoms with Crippen molar-refractivity contribution in [3.8, 4) is 0 Å². The number of aliphatic hydroxyl groups is 1. The van der Waals surface area contributed by atoms with E-state index in [9.17, 15) is 0 Å². The molecule has 0 saturated carbocycles. The normalized spacial score (nSPS) is 14.3. The lowest BCUT2D eigenvalue weighted by molar-refractivity contribution is 0.155. The second-order valence-electron chi connectivity index (χ2n) is 2.33. The van der Waals surface area contributed by atoms with Crippen LogP contribution in [0.3, 0.4) is 0 Å². The van der Waals surface area contributed by atoms with Crippen LogP contribution in [-0.2, 0) is 0 Å². The fourth-order valence-electron chi connectivity index (χ4n) is 0.557. The van der Waals surface area contributed by atoms with Crippen LogP contribution < -0.4 is 0 Å². The van der Waals surface area contributed by atoms with Crippen molar-refractivity contribution in [3.63, 3.8) is 0 Å². The summed E-state index contributed by atoms with van der Waals surface area (Å²) in [7, 11) is 4.55. The Morgan fingerprint density at radius 1 is 1.67 bits per heavy atom. The van der Waals surface area contributed by atoms with Gasteiger partial charge in [-0.05, 0) is 19.9 Å². The van der Waals surface area contributed by atoms with Gasteiger partial charge in [-0.2, -0.15) is 0 Å². The number of hydrogen-bond donors (Lipinski definition) is 1. The Morgan fingerprint density at radius 2 is 2.22 bits per heavy atom. The molecule has 2 unspecified atom stereocenters. The zero-order valence-corrected chi connectivity index (χ0v) is 7.33. The van der Waals surface area contributed by atoms with Crippen LogP contribution in [0.5, 0.6) is 0 Å². The second-order valence-corrected chi connectivity index (χ2v) is 3.21. The molecule has 2 atom stereocenters. The van der Waals surface area contributed by atoms with Gasteiger partial charge in [-0.25, -0.2) is 0 Å². The van der Waals surface area contributed by atoms with E-state index in [1.54, 1.807) is 0 Å². The van der Waals surface area contributed by atoms with Crippen molar-refractivity contribution in [1.82, 2.24) is 4.67 Å². The van der Waals surface area contributed by atoms with Crippen molar-refractivity contribution >= 4 is 9.39 Å². The number of nitrogens with zero attached hydrogens (tertiary/aromatic N) is 1. The molecule has 1 N–H and O–H groups in total. The van der Waals surface area contributed by atoms with Crippen LogP contribution in [0.1, 0.15) is 19.8 Å². The van der Waals surface area contributed by atoms with E-state index in [-0.39, 0.29) is 6.10 Å². The van der Waals surface area contributed by atoms with Gasteiger partial charge in [0.05, 0.1) is 6.10 Å². The summed E-state index contributed by atoms with van der Waals surface area (Å²) in [6.45, 7) is 2.94. The molecule has 0 aromatic carbocycles. The molecule has 0 aliphatic carbocycles. The zero-order chi connectivity index (χ0) is 7.28. The topological polar surface area (TPSA) is 23.5 Å². The highest BCUT2D eigenvalue weighted by Crippen LogP contribution is 2.00. The molecule has 56 valence electrons. The lowest BCUT2D eigenvalue weighted by Crippen LogP contribution is -2.14. The van der Waals surface area contributed by atoms with Crippen molar-refractivity contribution in [1.29, 1.82) is 0 Å². The average molecular weight is 149 g/mol. The van der Waals surface area contributed by atoms with Crippen molar-refractivity contribution in [2.45, 2.75) is 25.9 Å². The second kappa shape index (κ2) is 5.16. The first-order chi connectivity index (χ1) is 4.16.